The lowest BCUT2D eigenvalue weighted by Crippen LogP contribution is -2.27. The summed E-state index contributed by atoms with van der Waals surface area (Å²) in [5.74, 6) is -0.582. The number of benzene rings is 2. The van der Waals surface area contributed by atoms with Crippen LogP contribution in [0.25, 0.3) is 0 Å². The van der Waals surface area contributed by atoms with Gasteiger partial charge in [0.15, 0.2) is 4.91 Å². The molecule has 8 heteroatoms. The van der Waals surface area contributed by atoms with Crippen LogP contribution in [0, 0.1) is 11.3 Å². The smallest absolute Gasteiger partial charge is 0.333 e. The molecule has 0 spiro atoms. The van der Waals surface area contributed by atoms with E-state index in [1.54, 1.807) is 43.3 Å². The molecule has 6 nitrogen and oxygen atoms in total. The molecule has 2 aromatic rings. The molecule has 0 radical (unpaired) electrons. The Morgan fingerprint density at radius 2 is 1.85 bits per heavy atom. The number of hydrogen-bond donors (Lipinski definition) is 1. The normalized spacial score (nSPS) is 12.7. The highest BCUT2D eigenvalue weighted by Gasteiger charge is 2.24. The molecular weight excluding hydrogens is 388 g/mol. The largest absolute Gasteiger partial charge is 0.464 e. The third-order valence-corrected chi connectivity index (χ3v) is 5.49. The van der Waals surface area contributed by atoms with Gasteiger partial charge in [-0.2, -0.15) is 5.26 Å². The molecule has 2 aromatic carbocycles. The lowest BCUT2D eigenvalue weighted by molar-refractivity contribution is -0.145. The van der Waals surface area contributed by atoms with Gasteiger partial charge in [0.2, 0.25) is 9.84 Å². The molecule has 1 unspecified atom stereocenters. The molecule has 0 aromatic heterocycles. The van der Waals surface area contributed by atoms with Crippen molar-refractivity contribution in [3.8, 4) is 6.07 Å². The maximum Gasteiger partial charge on any atom is 0.333 e. The Morgan fingerprint density at radius 3 is 2.41 bits per heavy atom. The fraction of sp³-hybridized carbons (Fsp3) is 0.158. The third kappa shape index (κ3) is 5.09. The van der Waals surface area contributed by atoms with E-state index in [1.165, 1.54) is 24.3 Å². The van der Waals surface area contributed by atoms with E-state index in [4.69, 9.17) is 16.3 Å². The number of sulfone groups is 1. The highest BCUT2D eigenvalue weighted by Crippen LogP contribution is 2.21. The zero-order valence-electron chi connectivity index (χ0n) is 14.4. The quantitative estimate of drug-likeness (QED) is 0.561. The van der Waals surface area contributed by atoms with Crippen LogP contribution in [0.3, 0.4) is 0 Å². The zero-order chi connectivity index (χ0) is 19.9. The van der Waals surface area contributed by atoms with Crippen LogP contribution in [0.15, 0.2) is 70.6 Å². The molecule has 2 rings (SSSR count). The third-order valence-electron chi connectivity index (χ3n) is 3.56. The second kappa shape index (κ2) is 9.21. The number of nitrogens with zero attached hydrogens (tertiary/aromatic N) is 1. The van der Waals surface area contributed by atoms with Gasteiger partial charge in [0.25, 0.3) is 0 Å². The van der Waals surface area contributed by atoms with Gasteiger partial charge < -0.3 is 10.1 Å². The van der Waals surface area contributed by atoms with E-state index in [2.05, 4.69) is 5.32 Å². The van der Waals surface area contributed by atoms with Gasteiger partial charge in [0.05, 0.1) is 11.5 Å². The Balaban J connectivity index is 2.36. The Labute approximate surface area is 162 Å². The molecule has 1 atom stereocenters. The summed E-state index contributed by atoms with van der Waals surface area (Å²) in [6.07, 6.45) is 1.01. The van der Waals surface area contributed by atoms with Crippen molar-refractivity contribution in [3.05, 3.63) is 76.3 Å². The summed E-state index contributed by atoms with van der Waals surface area (Å²) in [4.78, 5) is 11.6. The number of allylic oxidation sites excluding steroid dienone is 1. The van der Waals surface area contributed by atoms with Gasteiger partial charge in [-0.1, -0.05) is 41.9 Å². The Morgan fingerprint density at radius 1 is 1.22 bits per heavy atom. The number of ether oxygens (including phenoxy) is 1. The van der Waals surface area contributed by atoms with Crippen LogP contribution in [0.1, 0.15) is 18.5 Å². The predicted octanol–water partition coefficient (Wildman–Crippen LogP) is 3.37. The summed E-state index contributed by atoms with van der Waals surface area (Å²) < 4.78 is 30.3. The minimum absolute atomic E-state index is 0.0751. The number of hydrogen-bond acceptors (Lipinski definition) is 6. The molecule has 0 amide bonds. The highest BCUT2D eigenvalue weighted by atomic mass is 35.5. The summed E-state index contributed by atoms with van der Waals surface area (Å²) in [7, 11) is -4.06. The molecule has 0 aliphatic rings. The number of nitriles is 1. The van der Waals surface area contributed by atoms with E-state index in [0.717, 1.165) is 6.20 Å². The number of nitrogens with one attached hydrogen (secondary N) is 1. The molecule has 27 heavy (non-hydrogen) atoms. The molecule has 0 fully saturated rings. The summed E-state index contributed by atoms with van der Waals surface area (Å²) >= 11 is 5.77. The van der Waals surface area contributed by atoms with Crippen LogP contribution in [0.4, 0.5) is 0 Å². The van der Waals surface area contributed by atoms with Gasteiger partial charge in [-0.05, 0) is 36.8 Å². The molecular formula is C19H17ClN2O4S. The highest BCUT2D eigenvalue weighted by molar-refractivity contribution is 7.95. The van der Waals surface area contributed by atoms with Gasteiger partial charge in [0, 0.05) is 11.2 Å². The lowest BCUT2D eigenvalue weighted by Gasteiger charge is -2.16. The summed E-state index contributed by atoms with van der Waals surface area (Å²) in [5.41, 5.74) is 0.577. The van der Waals surface area contributed by atoms with Gasteiger partial charge in [-0.15, -0.1) is 0 Å². The second-order valence-electron chi connectivity index (χ2n) is 5.34. The van der Waals surface area contributed by atoms with Crippen molar-refractivity contribution in [1.29, 1.82) is 5.26 Å². The van der Waals surface area contributed by atoms with Gasteiger partial charge in [-0.3, -0.25) is 0 Å². The van der Waals surface area contributed by atoms with E-state index in [9.17, 15) is 18.5 Å². The first-order valence-electron chi connectivity index (χ1n) is 7.98. The minimum atomic E-state index is -4.06. The Kier molecular flexibility index (Phi) is 6.99. The van der Waals surface area contributed by atoms with E-state index in [0.29, 0.717) is 10.6 Å². The van der Waals surface area contributed by atoms with Crippen molar-refractivity contribution in [3.63, 3.8) is 0 Å². The van der Waals surface area contributed by atoms with E-state index in [1.807, 2.05) is 0 Å². The zero-order valence-corrected chi connectivity index (χ0v) is 16.0. The SMILES string of the molecule is CCOC(=O)C(NC=C(C#N)S(=O)(=O)c1ccc(Cl)cc1)c1ccccc1. The number of halogens is 1. The standard InChI is InChI=1S/C19H17ClN2O4S/c1-2-26-19(23)18(14-6-4-3-5-7-14)22-13-17(12-21)27(24,25)16-10-8-15(20)9-11-16/h3-11,13,18,22H,2H2,1H3. The van der Waals surface area contributed by atoms with Crippen molar-refractivity contribution >= 4 is 27.4 Å². The first-order valence-corrected chi connectivity index (χ1v) is 9.84. The topological polar surface area (TPSA) is 96.3 Å². The van der Waals surface area contributed by atoms with Gasteiger partial charge in [0.1, 0.15) is 12.1 Å². The molecule has 0 saturated carbocycles. The van der Waals surface area contributed by atoms with Crippen LogP contribution < -0.4 is 5.32 Å². The first-order chi connectivity index (χ1) is 12.9. The number of esters is 1. The van der Waals surface area contributed by atoms with Crippen molar-refractivity contribution in [1.82, 2.24) is 5.32 Å². The monoisotopic (exact) mass is 404 g/mol. The van der Waals surface area contributed by atoms with Crippen LogP contribution in [0.5, 0.6) is 0 Å². The predicted molar refractivity (Wildman–Crippen MR) is 101 cm³/mol. The number of carbonyl (C=O) groups excluding carboxylic acids is 1. The van der Waals surface area contributed by atoms with Gasteiger partial charge >= 0.3 is 5.97 Å². The summed E-state index contributed by atoms with van der Waals surface area (Å²) in [6, 6.07) is 14.8. The van der Waals surface area contributed by atoms with Crippen molar-refractivity contribution < 1.29 is 17.9 Å². The van der Waals surface area contributed by atoms with Crippen LogP contribution >= 0.6 is 11.6 Å². The van der Waals surface area contributed by atoms with Crippen molar-refractivity contribution in [2.75, 3.05) is 6.61 Å². The average Bonchev–Trinajstić information content (AvgIpc) is 2.66. The molecule has 0 aliphatic heterocycles. The van der Waals surface area contributed by atoms with E-state index in [-0.39, 0.29) is 11.5 Å². The second-order valence-corrected chi connectivity index (χ2v) is 7.69. The maximum absolute atomic E-state index is 12.6. The number of rotatable bonds is 7. The summed E-state index contributed by atoms with van der Waals surface area (Å²) in [6.45, 7) is 1.84. The minimum Gasteiger partial charge on any atom is -0.464 e. The molecule has 0 saturated heterocycles. The van der Waals surface area contributed by atoms with Crippen molar-refractivity contribution in [2.45, 2.75) is 17.9 Å². The molecule has 140 valence electrons. The van der Waals surface area contributed by atoms with Crippen molar-refractivity contribution in [2.24, 2.45) is 0 Å². The van der Waals surface area contributed by atoms with Crippen LogP contribution in [0.2, 0.25) is 5.02 Å². The molecule has 0 aliphatic carbocycles. The lowest BCUT2D eigenvalue weighted by atomic mass is 10.1. The Bertz CT molecular complexity index is 965. The fourth-order valence-corrected chi connectivity index (χ4v) is 3.46. The molecule has 0 heterocycles. The van der Waals surface area contributed by atoms with E-state index >= 15 is 0 Å². The maximum atomic E-state index is 12.6. The fourth-order valence-electron chi connectivity index (χ4n) is 2.24. The van der Waals surface area contributed by atoms with Gasteiger partial charge in [-0.25, -0.2) is 13.2 Å². The van der Waals surface area contributed by atoms with E-state index < -0.39 is 26.8 Å². The molecule has 0 bridgehead atoms. The van der Waals surface area contributed by atoms with Crippen LogP contribution in [-0.4, -0.2) is 21.0 Å². The summed E-state index contributed by atoms with van der Waals surface area (Å²) in [5, 5.41) is 12.4. The molecule has 1 N–H and O–H groups in total. The van der Waals surface area contributed by atoms with Crippen LogP contribution in [-0.2, 0) is 19.4 Å². The Hall–Kier alpha value is -2.82. The number of carbonyl (C=O) groups is 1. The first kappa shape index (κ1) is 20.5. The average molecular weight is 405 g/mol.